The Morgan fingerprint density at radius 2 is 1.15 bits per heavy atom. The van der Waals surface area contributed by atoms with Crippen molar-refractivity contribution in [1.82, 2.24) is 29.9 Å². The first kappa shape index (κ1) is 67.0. The van der Waals surface area contributed by atoms with Crippen LogP contribution in [-0.2, 0) is 48.5 Å². The van der Waals surface area contributed by atoms with Gasteiger partial charge in [0.05, 0.1) is 78.2 Å². The van der Waals surface area contributed by atoms with E-state index in [1.807, 2.05) is 0 Å². The van der Waals surface area contributed by atoms with E-state index >= 15 is 0 Å². The van der Waals surface area contributed by atoms with Crippen molar-refractivity contribution in [3.05, 3.63) is 47.5 Å². The second kappa shape index (κ2) is 36.8. The summed E-state index contributed by atoms with van der Waals surface area (Å²) in [6.45, 7) is 0.335. The molecule has 0 spiro atoms. The summed E-state index contributed by atoms with van der Waals surface area (Å²) in [5.74, 6) is -1.01. The Labute approximate surface area is 486 Å². The average Bonchev–Trinajstić information content (AvgIpc) is 3.24. The van der Waals surface area contributed by atoms with Gasteiger partial charge in [-0.1, -0.05) is 24.3 Å². The number of aliphatic hydroxyl groups excluding tert-OH is 2. The molecule has 2 aromatic heterocycles. The number of nitrogens with one attached hydrogen (secondary N) is 5. The molecule has 36 heteroatoms. The standard InChI is InChI=1S/C32H42N12O16S4.4Na/c45-11-15-55-13-7-33-27-39-29(35-9-17-61-59-57-47)43-32(42-27)38-24-6-4-22(26(20-24)64(52,53)54)2-1-21-3-5-23(19-25(21)62-60-58-48)37-31-41-28(34-8-14-56-16-12-46)40-30(44-31)36-10-18-63(49,50)51;;;;/h1-6,9,19-20,45-48H,7-8,10-18H2,(H,49,50,51)(H,52,53,54)(H2,33,38,39,42,43)(H3,34,36,37,40,41,44);;;;/q;4*+1/p-4. The third-order valence-electron chi connectivity index (χ3n) is 7.25. The predicted molar refractivity (Wildman–Crippen MR) is 223 cm³/mol. The van der Waals surface area contributed by atoms with Crippen molar-refractivity contribution < 1.29 is 193 Å². The van der Waals surface area contributed by atoms with Gasteiger partial charge in [-0.3, -0.25) is 10.1 Å². The van der Waals surface area contributed by atoms with Crippen molar-refractivity contribution >= 4 is 110 Å². The van der Waals surface area contributed by atoms with Crippen LogP contribution in [0.15, 0.2) is 51.2 Å². The molecule has 0 saturated heterocycles. The van der Waals surface area contributed by atoms with Crippen molar-refractivity contribution in [2.75, 3.05) is 97.4 Å². The van der Waals surface area contributed by atoms with E-state index in [2.05, 4.69) is 80.2 Å². The van der Waals surface area contributed by atoms with Gasteiger partial charge in [-0.15, -0.1) is 0 Å². The second-order valence-corrected chi connectivity index (χ2v) is 16.1. The molecule has 4 rings (SSSR count). The molecule has 0 amide bonds. The molecule has 0 aliphatic heterocycles. The molecule has 28 nitrogen and oxygen atoms in total. The van der Waals surface area contributed by atoms with Crippen LogP contribution in [0.4, 0.5) is 47.1 Å². The minimum Gasteiger partial charge on any atom is -0.748 e. The van der Waals surface area contributed by atoms with Crippen molar-refractivity contribution in [3.8, 4) is 0 Å². The Hall–Kier alpha value is -1.01. The number of aliphatic imine (C=N–C) groups is 1. The summed E-state index contributed by atoms with van der Waals surface area (Å²) in [6, 6.07) is 8.38. The quantitative estimate of drug-likeness (QED) is 0.00360. The molecule has 0 bridgehead atoms. The molecule has 7 N–H and O–H groups in total. The van der Waals surface area contributed by atoms with Crippen LogP contribution in [0.3, 0.4) is 0 Å². The van der Waals surface area contributed by atoms with Crippen molar-refractivity contribution in [1.29, 1.82) is 0 Å². The zero-order valence-corrected chi connectivity index (χ0v) is 48.1. The van der Waals surface area contributed by atoms with Gasteiger partial charge in [0.1, 0.15) is 10.1 Å². The van der Waals surface area contributed by atoms with Gasteiger partial charge in [0.25, 0.3) is 5.95 Å². The zero-order chi connectivity index (χ0) is 46.2. The molecule has 0 fully saturated rings. The number of nitrogens with zero attached hydrogens (tertiary/aromatic N) is 7. The van der Waals surface area contributed by atoms with Crippen LogP contribution in [0.5, 0.6) is 0 Å². The monoisotopic (exact) mass is 1070 g/mol. The maximum atomic E-state index is 12.5. The zero-order valence-electron chi connectivity index (χ0n) is 36.8. The fourth-order valence-corrected chi connectivity index (χ4v) is 6.50. The molecular weight excluding hydrogens is 1030 g/mol. The molecule has 2 heterocycles. The van der Waals surface area contributed by atoms with Crippen molar-refractivity contribution in [2.24, 2.45) is 4.99 Å². The minimum atomic E-state index is -5.11. The summed E-state index contributed by atoms with van der Waals surface area (Å²) in [7, 11) is -9.65. The summed E-state index contributed by atoms with van der Waals surface area (Å²) in [6.07, 6.45) is 4.06. The van der Waals surface area contributed by atoms with Gasteiger partial charge < -0.3 is 65.9 Å². The first-order valence-electron chi connectivity index (χ1n) is 18.0. The average molecular weight is 1070 g/mol. The Morgan fingerprint density at radius 3 is 1.71 bits per heavy atom. The molecular formula is C32H38N12Na4O16S4. The normalized spacial score (nSPS) is 11.3. The molecule has 0 unspecified atom stereocenters. The van der Waals surface area contributed by atoms with Gasteiger partial charge in [-0.2, -0.15) is 38.6 Å². The molecule has 0 radical (unpaired) electrons. The minimum absolute atomic E-state index is 0. The van der Waals surface area contributed by atoms with Gasteiger partial charge >= 0.3 is 118 Å². The van der Waals surface area contributed by atoms with E-state index in [9.17, 15) is 36.5 Å². The number of hydrogen-bond acceptors (Lipinski definition) is 30. The van der Waals surface area contributed by atoms with E-state index in [1.54, 1.807) is 6.07 Å². The molecule has 0 saturated carbocycles. The fourth-order valence-electron chi connectivity index (χ4n) is 4.71. The first-order valence-corrected chi connectivity index (χ1v) is 22.7. The fraction of sp³-hybridized carbons (Fsp3) is 0.344. The molecule has 350 valence electrons. The van der Waals surface area contributed by atoms with E-state index in [1.165, 1.54) is 42.6 Å². The van der Waals surface area contributed by atoms with Gasteiger partial charge in [-0.25, -0.2) is 21.8 Å². The molecule has 0 aliphatic rings. The van der Waals surface area contributed by atoms with Crippen LogP contribution in [0, 0.1) is 0 Å². The third kappa shape index (κ3) is 26.6. The summed E-state index contributed by atoms with van der Waals surface area (Å²) < 4.78 is 90.0. The van der Waals surface area contributed by atoms with E-state index in [-0.39, 0.29) is 235 Å². The predicted octanol–water partition coefficient (Wildman–Crippen LogP) is -12.8. The van der Waals surface area contributed by atoms with Crippen molar-refractivity contribution in [2.45, 2.75) is 9.79 Å². The maximum Gasteiger partial charge on any atom is 1.00 e. The molecule has 0 atom stereocenters. The third-order valence-corrected chi connectivity index (χ3v) is 9.94. The van der Waals surface area contributed by atoms with Gasteiger partial charge in [0.15, 0.2) is 0 Å². The topological polar surface area (TPSA) is 406 Å². The van der Waals surface area contributed by atoms with Crippen LogP contribution in [0.1, 0.15) is 11.1 Å². The largest absolute Gasteiger partial charge is 1.00 e. The summed E-state index contributed by atoms with van der Waals surface area (Å²) in [5.41, 5.74) is 0.696. The van der Waals surface area contributed by atoms with E-state index in [0.29, 0.717) is 35.3 Å². The first-order chi connectivity index (χ1) is 30.8. The van der Waals surface area contributed by atoms with Gasteiger partial charge in [0, 0.05) is 54.2 Å². The van der Waals surface area contributed by atoms with Crippen molar-refractivity contribution in [3.63, 3.8) is 0 Å². The number of hydrogen-bond donors (Lipinski definition) is 7. The Morgan fingerprint density at radius 1 is 0.647 bits per heavy atom. The maximum absolute atomic E-state index is 12.5. The molecule has 68 heavy (non-hydrogen) atoms. The number of aromatic nitrogens is 6. The van der Waals surface area contributed by atoms with Crippen LogP contribution >= 0.6 is 24.1 Å². The number of benzene rings is 2. The number of anilines is 7. The summed E-state index contributed by atoms with van der Waals surface area (Å²) in [4.78, 5) is 28.9. The van der Waals surface area contributed by atoms with Crippen LogP contribution in [0.25, 0.3) is 12.2 Å². The molecule has 2 aromatic carbocycles. The van der Waals surface area contributed by atoms with Crippen LogP contribution < -0.4 is 155 Å². The second-order valence-electron chi connectivity index (χ2n) is 11.8. The summed E-state index contributed by atoms with van der Waals surface area (Å²) >= 11 is 1.13. The van der Waals surface area contributed by atoms with E-state index in [4.69, 9.17) is 19.7 Å². The SMILES string of the molecule is O=S(=O)([O-])CCNc1nc(NCCOCCO)nc(Nc2ccc(C=Cc3ccc(Nc4nc(N=CCSOO[O-])nc(NCCOCCO)n4)cc3S(=O)(=O)[O-])c(SOO[O-])c2)n1.[Na+].[Na+].[Na+].[Na+]. The van der Waals surface area contributed by atoms with Gasteiger partial charge in [-0.05, 0) is 35.4 Å². The Bertz CT molecular complexity index is 2400. The molecule has 4 aromatic rings. The smallest absolute Gasteiger partial charge is 0.748 e. The number of aliphatic hydroxyl groups is 2. The number of rotatable bonds is 31. The van der Waals surface area contributed by atoms with E-state index < -0.39 is 30.9 Å². The van der Waals surface area contributed by atoms with Gasteiger partial charge in [0.2, 0.25) is 29.7 Å². The van der Waals surface area contributed by atoms with Crippen LogP contribution in [0.2, 0.25) is 0 Å². The Kier molecular flexibility index (Phi) is 36.3. The summed E-state index contributed by atoms with van der Waals surface area (Å²) in [5, 5.41) is 59.6. The van der Waals surface area contributed by atoms with Crippen LogP contribution in [-0.4, -0.2) is 143 Å². The number of ether oxygens (including phenoxy) is 2. The van der Waals surface area contributed by atoms with E-state index in [0.717, 1.165) is 6.07 Å². The Balaban J connectivity index is 0.0000112. The molecule has 0 aliphatic carbocycles.